The van der Waals surface area contributed by atoms with E-state index in [0.717, 1.165) is 22.9 Å². The van der Waals surface area contributed by atoms with Crippen molar-refractivity contribution in [2.75, 3.05) is 25.2 Å². The molecule has 5 heterocycles. The molecule has 2 N–H and O–H groups in total. The molecule has 2 atom stereocenters. The molecule has 2 aliphatic rings. The molecule has 1 saturated heterocycles. The summed E-state index contributed by atoms with van der Waals surface area (Å²) >= 11 is 0. The molecule has 1 amide bonds. The van der Waals surface area contributed by atoms with Gasteiger partial charge in [-0.3, -0.25) is 4.79 Å². The lowest BCUT2D eigenvalue weighted by Crippen LogP contribution is -2.46. The molecule has 0 saturated carbocycles. The molecule has 0 unspecified atom stereocenters. The molecule has 11 heteroatoms. The smallest absolute Gasteiger partial charge is 0.242 e. The minimum absolute atomic E-state index is 0.170. The van der Waals surface area contributed by atoms with Crippen LogP contribution in [0.25, 0.3) is 22.9 Å². The van der Waals surface area contributed by atoms with Gasteiger partial charge in [0.05, 0.1) is 18.2 Å². The zero-order valence-electron chi connectivity index (χ0n) is 18.3. The highest BCUT2D eigenvalue weighted by molar-refractivity contribution is 5.85. The van der Waals surface area contributed by atoms with E-state index in [-0.39, 0.29) is 12.1 Å². The summed E-state index contributed by atoms with van der Waals surface area (Å²) < 4.78 is 15.4. The number of hydrogen-bond acceptors (Lipinski definition) is 8. The Hall–Kier alpha value is -3.47. The van der Waals surface area contributed by atoms with Gasteiger partial charge in [-0.15, -0.1) is 0 Å². The van der Waals surface area contributed by atoms with Crippen LogP contribution in [0.4, 0.5) is 5.82 Å². The van der Waals surface area contributed by atoms with Gasteiger partial charge in [-0.25, -0.2) is 19.6 Å². The van der Waals surface area contributed by atoms with Crippen molar-refractivity contribution in [1.82, 2.24) is 29.3 Å². The topological polar surface area (TPSA) is 126 Å². The van der Waals surface area contributed by atoms with Gasteiger partial charge in [0.25, 0.3) is 0 Å². The van der Waals surface area contributed by atoms with Crippen LogP contribution in [-0.2, 0) is 16.1 Å². The van der Waals surface area contributed by atoms with Crippen molar-refractivity contribution in [2.24, 2.45) is 5.73 Å². The molecule has 1 fully saturated rings. The number of anilines is 1. The van der Waals surface area contributed by atoms with Crippen LogP contribution in [0.3, 0.4) is 0 Å². The number of nitrogens with zero attached hydrogens (tertiary/aromatic N) is 7. The van der Waals surface area contributed by atoms with E-state index in [9.17, 15) is 4.79 Å². The van der Waals surface area contributed by atoms with Gasteiger partial charge in [-0.05, 0) is 20.3 Å². The minimum atomic E-state index is -0.563. The van der Waals surface area contributed by atoms with E-state index < -0.39 is 11.9 Å². The number of methoxy groups -OCH3 is 1. The van der Waals surface area contributed by atoms with Gasteiger partial charge < -0.3 is 24.7 Å². The van der Waals surface area contributed by atoms with E-state index in [1.165, 1.54) is 0 Å². The van der Waals surface area contributed by atoms with E-state index in [4.69, 9.17) is 20.2 Å². The van der Waals surface area contributed by atoms with Gasteiger partial charge in [0.1, 0.15) is 42.1 Å². The Morgan fingerprint density at radius 2 is 2.12 bits per heavy atom. The zero-order valence-corrected chi connectivity index (χ0v) is 18.3. The summed E-state index contributed by atoms with van der Waals surface area (Å²) in [7, 11) is 1.59. The van der Waals surface area contributed by atoms with Gasteiger partial charge in [0.15, 0.2) is 5.82 Å². The third kappa shape index (κ3) is 3.29. The summed E-state index contributed by atoms with van der Waals surface area (Å²) in [5.74, 6) is 2.35. The molecule has 0 radical (unpaired) electrons. The highest BCUT2D eigenvalue weighted by Gasteiger charge is 2.39. The third-order valence-electron chi connectivity index (χ3n) is 5.98. The summed E-state index contributed by atoms with van der Waals surface area (Å²) in [5.41, 5.74) is 7.19. The Morgan fingerprint density at radius 1 is 1.28 bits per heavy atom. The predicted molar refractivity (Wildman–Crippen MR) is 116 cm³/mol. The lowest BCUT2D eigenvalue weighted by atomic mass is 10.1. The molecule has 3 aromatic rings. The maximum absolute atomic E-state index is 12.1. The first kappa shape index (κ1) is 20.4. The molecular weight excluding hydrogens is 412 g/mol. The summed E-state index contributed by atoms with van der Waals surface area (Å²) in [5, 5.41) is 4.32. The molecule has 0 bridgehead atoms. The molecular formula is C21H26N8O3. The van der Waals surface area contributed by atoms with Crippen LogP contribution in [0.5, 0.6) is 5.75 Å². The second-order valence-electron chi connectivity index (χ2n) is 8.26. The molecule has 3 aromatic heterocycles. The average Bonchev–Trinajstić information content (AvgIpc) is 3.49. The van der Waals surface area contributed by atoms with Crippen molar-refractivity contribution in [3.63, 3.8) is 0 Å². The van der Waals surface area contributed by atoms with Crippen LogP contribution in [-0.4, -0.2) is 67.6 Å². The number of aromatic nitrogens is 6. The number of primary amides is 1. The molecule has 11 nitrogen and oxygen atoms in total. The summed E-state index contributed by atoms with van der Waals surface area (Å²) in [6.07, 6.45) is 5.70. The lowest BCUT2D eigenvalue weighted by molar-refractivity contribution is -0.121. The number of nitrogens with two attached hydrogens (primary N) is 1. The SMILES string of the molecule is CO[C@H]1CCN(c2cc3c(cn2)-c2nc(-c4ncnn4C(C)C)cn2CCO3)[C@@H]1C(N)=O. The Morgan fingerprint density at radius 3 is 2.88 bits per heavy atom. The number of hydrogen-bond donors (Lipinski definition) is 1. The molecule has 2 aliphatic heterocycles. The van der Waals surface area contributed by atoms with Crippen molar-refractivity contribution in [2.45, 2.75) is 45.0 Å². The van der Waals surface area contributed by atoms with Crippen LogP contribution >= 0.6 is 0 Å². The molecule has 32 heavy (non-hydrogen) atoms. The highest BCUT2D eigenvalue weighted by atomic mass is 16.5. The largest absolute Gasteiger partial charge is 0.491 e. The molecule has 0 spiro atoms. The Balaban J connectivity index is 1.52. The van der Waals surface area contributed by atoms with E-state index >= 15 is 0 Å². The van der Waals surface area contributed by atoms with Crippen LogP contribution in [0, 0.1) is 0 Å². The second kappa shape index (κ2) is 7.90. The normalized spacial score (nSPS) is 20.1. The molecule has 5 rings (SSSR count). The number of carbonyl (C=O) groups is 1. The first-order valence-electron chi connectivity index (χ1n) is 10.7. The monoisotopic (exact) mass is 438 g/mol. The number of ether oxygens (including phenoxy) is 2. The van der Waals surface area contributed by atoms with Crippen molar-refractivity contribution < 1.29 is 14.3 Å². The molecule has 168 valence electrons. The number of rotatable bonds is 5. The number of amides is 1. The van der Waals surface area contributed by atoms with Crippen LogP contribution < -0.4 is 15.4 Å². The van der Waals surface area contributed by atoms with E-state index in [0.29, 0.717) is 37.7 Å². The van der Waals surface area contributed by atoms with E-state index in [2.05, 4.69) is 28.9 Å². The summed E-state index contributed by atoms with van der Waals surface area (Å²) in [6, 6.07) is 1.46. The van der Waals surface area contributed by atoms with Crippen molar-refractivity contribution in [1.29, 1.82) is 0 Å². The quantitative estimate of drug-likeness (QED) is 0.631. The zero-order chi connectivity index (χ0) is 22.4. The van der Waals surface area contributed by atoms with Gasteiger partial charge in [-0.2, -0.15) is 5.10 Å². The predicted octanol–water partition coefficient (Wildman–Crippen LogP) is 1.26. The first-order valence-corrected chi connectivity index (χ1v) is 10.7. The standard InChI is InChI=1S/C21H26N8O3/c1-12(2)29-21(24-11-25-29)14-10-27-6-7-32-16-8-17(23-9-13(16)20(27)26-14)28-5-4-15(31-3)18(28)19(22)30/h8-12,15,18H,4-7H2,1-3H3,(H2,22,30)/t15-,18-/m0/s1. The van der Waals surface area contributed by atoms with Gasteiger partial charge >= 0.3 is 0 Å². The fourth-order valence-corrected chi connectivity index (χ4v) is 4.45. The number of fused-ring (bicyclic) bond motifs is 3. The van der Waals surface area contributed by atoms with Crippen molar-refractivity contribution >= 4 is 11.7 Å². The number of pyridine rings is 1. The Bertz CT molecular complexity index is 1150. The first-order chi connectivity index (χ1) is 15.5. The summed E-state index contributed by atoms with van der Waals surface area (Å²) in [4.78, 5) is 27.8. The highest BCUT2D eigenvalue weighted by Crippen LogP contribution is 2.37. The van der Waals surface area contributed by atoms with E-state index in [1.807, 2.05) is 26.4 Å². The van der Waals surface area contributed by atoms with Gasteiger partial charge in [-0.1, -0.05) is 0 Å². The van der Waals surface area contributed by atoms with Gasteiger partial charge in [0.2, 0.25) is 5.91 Å². The third-order valence-corrected chi connectivity index (χ3v) is 5.98. The van der Waals surface area contributed by atoms with Gasteiger partial charge in [0, 0.05) is 38.2 Å². The van der Waals surface area contributed by atoms with Crippen LogP contribution in [0.1, 0.15) is 26.3 Å². The maximum Gasteiger partial charge on any atom is 0.242 e. The maximum atomic E-state index is 12.1. The van der Waals surface area contributed by atoms with E-state index in [1.54, 1.807) is 19.6 Å². The fourth-order valence-electron chi connectivity index (χ4n) is 4.45. The average molecular weight is 438 g/mol. The van der Waals surface area contributed by atoms with Crippen molar-refractivity contribution in [3.05, 3.63) is 24.8 Å². The lowest BCUT2D eigenvalue weighted by Gasteiger charge is -2.26. The number of carbonyl (C=O) groups excluding carboxylic acids is 1. The fraction of sp³-hybridized carbons (Fsp3) is 0.476. The van der Waals surface area contributed by atoms with Crippen molar-refractivity contribution in [3.8, 4) is 28.7 Å². The molecule has 0 aromatic carbocycles. The molecule has 0 aliphatic carbocycles. The second-order valence-corrected chi connectivity index (χ2v) is 8.26. The Kier molecular flexibility index (Phi) is 5.04. The Labute approximate surface area is 185 Å². The van der Waals surface area contributed by atoms with Crippen LogP contribution in [0.2, 0.25) is 0 Å². The number of imidazole rings is 1. The van der Waals surface area contributed by atoms with Crippen LogP contribution in [0.15, 0.2) is 24.8 Å². The minimum Gasteiger partial charge on any atom is -0.491 e. The summed E-state index contributed by atoms with van der Waals surface area (Å²) in [6.45, 7) is 5.86.